The molecule has 1 radical (unpaired) electrons. The first-order chi connectivity index (χ1) is 16.1. The fraction of sp³-hybridized carbons (Fsp3) is 0.455. The Balaban J connectivity index is 1.36. The fourth-order valence-electron chi connectivity index (χ4n) is 3.99. The van der Waals surface area contributed by atoms with E-state index in [0.717, 1.165) is 44.5 Å². The standard InChI is InChI=1S/C22H27BFN6O3/c1-16(26-21-25-12-19-14-33-22(32)30(7-6-24)20(19)27-21)18-4-2-17(3-5-18)13-28-8-10-29(11-9-28)23-15-31/h2-5,12,15-16H,6-11,13-14H2,1H3,(H,25,26,27)/t16-/m0/s1. The van der Waals surface area contributed by atoms with Crippen LogP contribution in [0.1, 0.15) is 29.7 Å². The number of cyclic esters (lactones) is 1. The summed E-state index contributed by atoms with van der Waals surface area (Å²) in [5, 5.41) is 3.26. The second kappa shape index (κ2) is 10.7. The van der Waals surface area contributed by atoms with Gasteiger partial charge in [-0.1, -0.05) is 24.3 Å². The largest absolute Gasteiger partial charge is 0.444 e. The molecule has 1 fully saturated rings. The number of nitrogens with one attached hydrogen (secondary N) is 1. The Kier molecular flexibility index (Phi) is 7.51. The van der Waals surface area contributed by atoms with Crippen molar-refractivity contribution < 1.29 is 18.7 Å². The second-order valence-corrected chi connectivity index (χ2v) is 8.14. The lowest BCUT2D eigenvalue weighted by Gasteiger charge is -2.33. The predicted molar refractivity (Wildman–Crippen MR) is 123 cm³/mol. The summed E-state index contributed by atoms with van der Waals surface area (Å²) in [7, 11) is 1.61. The fourth-order valence-corrected chi connectivity index (χ4v) is 3.99. The average Bonchev–Trinajstić information content (AvgIpc) is 2.83. The molecule has 1 saturated heterocycles. The van der Waals surface area contributed by atoms with Gasteiger partial charge in [0.15, 0.2) is 0 Å². The molecule has 11 heteroatoms. The smallest absolute Gasteiger partial charge is 0.415 e. The molecule has 3 heterocycles. The summed E-state index contributed by atoms with van der Waals surface area (Å²) < 4.78 is 17.9. The number of amides is 1. The first kappa shape index (κ1) is 23.1. The van der Waals surface area contributed by atoms with Crippen LogP contribution in [-0.4, -0.2) is 78.8 Å². The van der Waals surface area contributed by atoms with Gasteiger partial charge in [0.1, 0.15) is 19.1 Å². The van der Waals surface area contributed by atoms with Crippen LogP contribution in [0.3, 0.4) is 0 Å². The molecule has 4 rings (SSSR count). The Labute approximate surface area is 193 Å². The molecule has 0 spiro atoms. The zero-order chi connectivity index (χ0) is 23.2. The first-order valence-electron chi connectivity index (χ1n) is 11.0. The number of fused-ring (bicyclic) bond motifs is 1. The summed E-state index contributed by atoms with van der Waals surface area (Å²) in [6, 6.07) is 8.32. The number of hydrogen-bond donors (Lipinski definition) is 1. The van der Waals surface area contributed by atoms with Crippen LogP contribution >= 0.6 is 0 Å². The van der Waals surface area contributed by atoms with Crippen molar-refractivity contribution in [2.24, 2.45) is 0 Å². The van der Waals surface area contributed by atoms with Crippen molar-refractivity contribution in [3.05, 3.63) is 47.2 Å². The van der Waals surface area contributed by atoms with Gasteiger partial charge in [0, 0.05) is 38.9 Å². The first-order valence-corrected chi connectivity index (χ1v) is 11.0. The summed E-state index contributed by atoms with van der Waals surface area (Å²) in [5.41, 5.74) is 2.95. The molecule has 0 aliphatic carbocycles. The van der Waals surface area contributed by atoms with Crippen molar-refractivity contribution in [1.82, 2.24) is 19.7 Å². The van der Waals surface area contributed by atoms with Gasteiger partial charge in [0.05, 0.1) is 24.3 Å². The molecular weight excluding hydrogens is 426 g/mol. The maximum atomic E-state index is 12.9. The molecule has 1 aromatic heterocycles. The lowest BCUT2D eigenvalue weighted by atomic mass is 9.93. The summed E-state index contributed by atoms with van der Waals surface area (Å²) in [6.07, 6.45) is 1.84. The van der Waals surface area contributed by atoms with E-state index < -0.39 is 12.8 Å². The Morgan fingerprint density at radius 2 is 2.00 bits per heavy atom. The van der Waals surface area contributed by atoms with Crippen molar-refractivity contribution in [3.8, 4) is 0 Å². The number of rotatable bonds is 9. The van der Waals surface area contributed by atoms with Crippen LogP contribution in [0.4, 0.5) is 21.0 Å². The Morgan fingerprint density at radius 1 is 1.24 bits per heavy atom. The van der Waals surface area contributed by atoms with E-state index >= 15 is 0 Å². The molecule has 0 saturated carbocycles. The molecule has 2 aliphatic rings. The Morgan fingerprint density at radius 3 is 2.70 bits per heavy atom. The molecule has 9 nitrogen and oxygen atoms in total. The van der Waals surface area contributed by atoms with Crippen LogP contribution in [0.25, 0.3) is 0 Å². The molecule has 1 atom stereocenters. The highest BCUT2D eigenvalue weighted by molar-refractivity contribution is 6.64. The number of benzene rings is 1. The molecule has 173 valence electrons. The number of carbonyl (C=O) groups is 2. The third kappa shape index (κ3) is 5.66. The monoisotopic (exact) mass is 453 g/mol. The van der Waals surface area contributed by atoms with E-state index in [2.05, 4.69) is 44.5 Å². The lowest BCUT2D eigenvalue weighted by Crippen LogP contribution is -2.47. The zero-order valence-electron chi connectivity index (χ0n) is 18.6. The quantitative estimate of drug-likeness (QED) is 0.456. The van der Waals surface area contributed by atoms with Gasteiger partial charge in [-0.2, -0.15) is 4.98 Å². The van der Waals surface area contributed by atoms with Gasteiger partial charge in [-0.3, -0.25) is 9.80 Å². The number of carbonyl (C=O) groups excluding carboxylic acids is 2. The third-order valence-electron chi connectivity index (χ3n) is 5.89. The minimum absolute atomic E-state index is 0.0651. The topological polar surface area (TPSA) is 90.9 Å². The van der Waals surface area contributed by atoms with Crippen LogP contribution in [0.2, 0.25) is 0 Å². The van der Waals surface area contributed by atoms with Crippen molar-refractivity contribution in [1.29, 1.82) is 0 Å². The van der Waals surface area contributed by atoms with Crippen molar-refractivity contribution in [2.75, 3.05) is 49.6 Å². The minimum Gasteiger partial charge on any atom is -0.444 e. The summed E-state index contributed by atoms with van der Waals surface area (Å²) in [6.45, 7) is 5.73. The number of hydrogen-bond acceptors (Lipinski definition) is 8. The number of nitrogens with zero attached hydrogens (tertiary/aromatic N) is 5. The van der Waals surface area contributed by atoms with E-state index in [1.54, 1.807) is 13.6 Å². The molecule has 1 amide bonds. The van der Waals surface area contributed by atoms with Gasteiger partial charge < -0.3 is 19.7 Å². The molecule has 0 bridgehead atoms. The van der Waals surface area contributed by atoms with E-state index in [0.29, 0.717) is 17.3 Å². The van der Waals surface area contributed by atoms with Crippen LogP contribution < -0.4 is 10.2 Å². The molecule has 2 aliphatic heterocycles. The minimum atomic E-state index is -0.684. The van der Waals surface area contributed by atoms with Gasteiger partial charge in [-0.25, -0.2) is 14.2 Å². The molecule has 1 aromatic carbocycles. The number of ether oxygens (including phenoxy) is 1. The maximum Gasteiger partial charge on any atom is 0.415 e. The van der Waals surface area contributed by atoms with Gasteiger partial charge in [0.2, 0.25) is 5.95 Å². The summed E-state index contributed by atoms with van der Waals surface area (Å²) in [4.78, 5) is 36.9. The molecular formula is C22H27BFN6O3. The molecule has 33 heavy (non-hydrogen) atoms. The van der Waals surface area contributed by atoms with Crippen molar-refractivity contribution in [3.63, 3.8) is 0 Å². The van der Waals surface area contributed by atoms with Crippen LogP contribution in [0.5, 0.6) is 0 Å². The average molecular weight is 453 g/mol. The number of alkyl halides is 1. The number of aromatic nitrogens is 2. The Bertz CT molecular complexity index is 971. The maximum absolute atomic E-state index is 12.9. The van der Waals surface area contributed by atoms with E-state index in [1.165, 1.54) is 10.5 Å². The van der Waals surface area contributed by atoms with Gasteiger partial charge in [-0.15, -0.1) is 0 Å². The van der Waals surface area contributed by atoms with Crippen LogP contribution in [0, 0.1) is 0 Å². The van der Waals surface area contributed by atoms with Crippen LogP contribution in [-0.2, 0) is 22.7 Å². The number of anilines is 2. The molecule has 0 unspecified atom stereocenters. The SMILES string of the molecule is C[C@H](Nc1ncc2c(n1)N(CCF)C(=O)OC2)c1ccc(CN2CCN([B]C=O)CC2)cc1. The van der Waals surface area contributed by atoms with Crippen molar-refractivity contribution in [2.45, 2.75) is 26.1 Å². The van der Waals surface area contributed by atoms with Crippen LogP contribution in [0.15, 0.2) is 30.5 Å². The normalized spacial score (nSPS) is 17.8. The lowest BCUT2D eigenvalue weighted by molar-refractivity contribution is 0.140. The molecule has 1 N–H and O–H groups in total. The number of piperazine rings is 1. The van der Waals surface area contributed by atoms with Gasteiger partial charge >= 0.3 is 6.09 Å². The van der Waals surface area contributed by atoms with Gasteiger partial charge in [0.25, 0.3) is 7.41 Å². The Hall–Kier alpha value is -3.05. The van der Waals surface area contributed by atoms with E-state index in [4.69, 9.17) is 4.74 Å². The number of halogens is 1. The van der Waals surface area contributed by atoms with Crippen molar-refractivity contribution >= 4 is 31.5 Å². The summed E-state index contributed by atoms with van der Waals surface area (Å²) in [5.74, 6) is 0.753. The van der Waals surface area contributed by atoms with E-state index in [1.807, 2.05) is 11.7 Å². The van der Waals surface area contributed by atoms with E-state index in [-0.39, 0.29) is 19.2 Å². The highest BCUT2D eigenvalue weighted by Gasteiger charge is 2.28. The predicted octanol–water partition coefficient (Wildman–Crippen LogP) is 2.00. The summed E-state index contributed by atoms with van der Waals surface area (Å²) >= 11 is 0. The zero-order valence-corrected chi connectivity index (χ0v) is 18.6. The molecule has 2 aromatic rings. The third-order valence-corrected chi connectivity index (χ3v) is 5.89. The van der Waals surface area contributed by atoms with Gasteiger partial charge in [-0.05, 0) is 18.1 Å². The second-order valence-electron chi connectivity index (χ2n) is 8.14. The highest BCUT2D eigenvalue weighted by atomic mass is 19.1. The van der Waals surface area contributed by atoms with E-state index in [9.17, 15) is 14.0 Å². The highest BCUT2D eigenvalue weighted by Crippen LogP contribution is 2.26.